The number of hydrogen-bond donors (Lipinski definition) is 1. The summed E-state index contributed by atoms with van der Waals surface area (Å²) in [6.07, 6.45) is 0.397. The highest BCUT2D eigenvalue weighted by Gasteiger charge is 2.41. The van der Waals surface area contributed by atoms with E-state index in [2.05, 4.69) is 5.32 Å². The molecule has 0 saturated carbocycles. The molecule has 2 aliphatic heterocycles. The van der Waals surface area contributed by atoms with Crippen molar-refractivity contribution >= 4 is 11.9 Å². The molecule has 1 N–H and O–H groups in total. The first-order chi connectivity index (χ1) is 13.6. The van der Waals surface area contributed by atoms with Crippen LogP contribution in [-0.2, 0) is 27.3 Å². The lowest BCUT2D eigenvalue weighted by Gasteiger charge is -2.16. The Morgan fingerprint density at radius 3 is 2.71 bits per heavy atom. The van der Waals surface area contributed by atoms with Gasteiger partial charge in [0.2, 0.25) is 12.7 Å². The van der Waals surface area contributed by atoms with Gasteiger partial charge in [-0.2, -0.15) is 0 Å². The van der Waals surface area contributed by atoms with Crippen LogP contribution in [0.15, 0.2) is 48.5 Å². The molecule has 146 valence electrons. The van der Waals surface area contributed by atoms with Gasteiger partial charge in [-0.3, -0.25) is 9.69 Å². The van der Waals surface area contributed by atoms with E-state index in [1.54, 1.807) is 0 Å². The van der Waals surface area contributed by atoms with Gasteiger partial charge in [0.05, 0.1) is 7.11 Å². The lowest BCUT2D eigenvalue weighted by Crippen LogP contribution is -2.45. The van der Waals surface area contributed by atoms with E-state index in [1.807, 2.05) is 53.4 Å². The summed E-state index contributed by atoms with van der Waals surface area (Å²) >= 11 is 0. The van der Waals surface area contributed by atoms with Crippen LogP contribution in [0.2, 0.25) is 0 Å². The molecule has 7 heteroatoms. The first kappa shape index (κ1) is 18.3. The summed E-state index contributed by atoms with van der Waals surface area (Å²) in [5.74, 6) is 0.867. The van der Waals surface area contributed by atoms with E-state index in [1.165, 1.54) is 7.11 Å². The van der Waals surface area contributed by atoms with Crippen molar-refractivity contribution in [2.45, 2.75) is 25.0 Å². The van der Waals surface area contributed by atoms with Gasteiger partial charge in [-0.25, -0.2) is 4.79 Å². The Kier molecular flexibility index (Phi) is 5.16. The van der Waals surface area contributed by atoms with Crippen molar-refractivity contribution in [1.82, 2.24) is 10.2 Å². The van der Waals surface area contributed by atoms with Gasteiger partial charge in [-0.1, -0.05) is 36.4 Å². The molecule has 2 heterocycles. The van der Waals surface area contributed by atoms with Gasteiger partial charge in [0, 0.05) is 19.5 Å². The maximum absolute atomic E-state index is 12.6. The molecule has 2 aromatic rings. The molecule has 0 radical (unpaired) electrons. The number of nitrogens with zero attached hydrogens (tertiary/aromatic N) is 1. The van der Waals surface area contributed by atoms with Gasteiger partial charge in [-0.05, 0) is 23.3 Å². The molecule has 1 amide bonds. The minimum atomic E-state index is -0.701. The van der Waals surface area contributed by atoms with E-state index < -0.39 is 12.0 Å². The van der Waals surface area contributed by atoms with Gasteiger partial charge in [-0.15, -0.1) is 0 Å². The molecule has 0 aliphatic carbocycles. The number of carbonyl (C=O) groups excluding carboxylic acids is 2. The highest BCUT2D eigenvalue weighted by atomic mass is 16.7. The minimum Gasteiger partial charge on any atom is -0.467 e. The third kappa shape index (κ3) is 4.09. The first-order valence-electron chi connectivity index (χ1n) is 9.19. The summed E-state index contributed by atoms with van der Waals surface area (Å²) in [5.41, 5.74) is 2.01. The van der Waals surface area contributed by atoms with E-state index in [9.17, 15) is 9.59 Å². The zero-order valence-corrected chi connectivity index (χ0v) is 15.6. The van der Waals surface area contributed by atoms with E-state index in [4.69, 9.17) is 14.2 Å². The predicted molar refractivity (Wildman–Crippen MR) is 101 cm³/mol. The van der Waals surface area contributed by atoms with Crippen LogP contribution < -0.4 is 14.8 Å². The lowest BCUT2D eigenvalue weighted by atomic mass is 10.1. The van der Waals surface area contributed by atoms with Crippen LogP contribution >= 0.6 is 0 Å². The second-order valence-corrected chi connectivity index (χ2v) is 6.91. The maximum Gasteiger partial charge on any atom is 0.328 e. The smallest absolute Gasteiger partial charge is 0.328 e. The lowest BCUT2D eigenvalue weighted by molar-refractivity contribution is -0.145. The van der Waals surface area contributed by atoms with Crippen molar-refractivity contribution in [3.63, 3.8) is 0 Å². The van der Waals surface area contributed by atoms with E-state index in [0.717, 1.165) is 22.6 Å². The van der Waals surface area contributed by atoms with Gasteiger partial charge in [0.25, 0.3) is 0 Å². The summed E-state index contributed by atoms with van der Waals surface area (Å²) in [6, 6.07) is 14.4. The van der Waals surface area contributed by atoms with Crippen LogP contribution in [-0.4, -0.2) is 49.3 Å². The largest absolute Gasteiger partial charge is 0.467 e. The van der Waals surface area contributed by atoms with Crippen molar-refractivity contribution in [3.05, 3.63) is 59.7 Å². The molecule has 2 aromatic carbocycles. The first-order valence-corrected chi connectivity index (χ1v) is 9.19. The topological polar surface area (TPSA) is 76.9 Å². The maximum atomic E-state index is 12.6. The Balaban J connectivity index is 1.34. The molecule has 1 saturated heterocycles. The molecule has 0 aromatic heterocycles. The number of rotatable bonds is 7. The molecule has 0 spiro atoms. The summed E-state index contributed by atoms with van der Waals surface area (Å²) < 4.78 is 15.6. The fourth-order valence-corrected chi connectivity index (χ4v) is 3.33. The molecular weight excluding hydrogens is 360 g/mol. The second-order valence-electron chi connectivity index (χ2n) is 6.91. The van der Waals surface area contributed by atoms with E-state index >= 15 is 0 Å². The SMILES string of the molecule is COC(=O)[C@@H](Cc1ccccc1)NC(=O)C1CN1Cc1ccc2c(c1)OCO2. The number of benzene rings is 2. The fourth-order valence-electron chi connectivity index (χ4n) is 3.33. The molecule has 3 atom stereocenters. The number of amides is 1. The number of fused-ring (bicyclic) bond motifs is 1. The Bertz CT molecular complexity index is 870. The number of carbonyl (C=O) groups is 2. The third-order valence-corrected chi connectivity index (χ3v) is 4.92. The molecule has 2 unspecified atom stereocenters. The van der Waals surface area contributed by atoms with Crippen molar-refractivity contribution in [2.75, 3.05) is 20.4 Å². The average Bonchev–Trinajstić information content (AvgIpc) is 3.32. The van der Waals surface area contributed by atoms with Crippen molar-refractivity contribution in [3.8, 4) is 11.5 Å². The van der Waals surface area contributed by atoms with Gasteiger partial charge < -0.3 is 19.5 Å². The standard InChI is InChI=1S/C21H22N2O5/c1-26-21(25)16(9-14-5-3-2-4-6-14)22-20(24)17-12-23(17)11-15-7-8-18-19(10-15)28-13-27-18/h2-8,10,16-17H,9,11-13H2,1H3,(H,22,24)/t16-,17?,23?/m1/s1. The van der Waals surface area contributed by atoms with Crippen LogP contribution in [0.25, 0.3) is 0 Å². The molecule has 28 heavy (non-hydrogen) atoms. The molecule has 1 fully saturated rings. The van der Waals surface area contributed by atoms with Crippen molar-refractivity contribution < 1.29 is 23.8 Å². The summed E-state index contributed by atoms with van der Waals surface area (Å²) in [7, 11) is 1.33. The highest BCUT2D eigenvalue weighted by Crippen LogP contribution is 2.33. The quantitative estimate of drug-likeness (QED) is 0.578. The number of nitrogens with one attached hydrogen (secondary N) is 1. The highest BCUT2D eigenvalue weighted by molar-refractivity contribution is 5.89. The Hall–Kier alpha value is -3.06. The van der Waals surface area contributed by atoms with Crippen LogP contribution in [0.1, 0.15) is 11.1 Å². The van der Waals surface area contributed by atoms with Crippen LogP contribution in [0.5, 0.6) is 11.5 Å². The number of hydrogen-bond acceptors (Lipinski definition) is 6. The molecule has 4 rings (SSSR count). The van der Waals surface area contributed by atoms with E-state index in [0.29, 0.717) is 19.5 Å². The Morgan fingerprint density at radius 1 is 1.14 bits per heavy atom. The number of esters is 1. The van der Waals surface area contributed by atoms with Crippen molar-refractivity contribution in [2.24, 2.45) is 0 Å². The Morgan fingerprint density at radius 2 is 1.93 bits per heavy atom. The number of ether oxygens (including phenoxy) is 3. The zero-order chi connectivity index (χ0) is 19.5. The molecular formula is C21H22N2O5. The molecule has 2 aliphatic rings. The van der Waals surface area contributed by atoms with Gasteiger partial charge >= 0.3 is 5.97 Å². The van der Waals surface area contributed by atoms with Gasteiger partial charge in [0.15, 0.2) is 11.5 Å². The normalized spacial score (nSPS) is 20.3. The zero-order valence-electron chi connectivity index (χ0n) is 15.6. The van der Waals surface area contributed by atoms with Crippen LogP contribution in [0, 0.1) is 0 Å². The van der Waals surface area contributed by atoms with Gasteiger partial charge in [0.1, 0.15) is 12.1 Å². The summed E-state index contributed by atoms with van der Waals surface area (Å²) in [6.45, 7) is 1.53. The molecule has 7 nitrogen and oxygen atoms in total. The minimum absolute atomic E-state index is 0.160. The second kappa shape index (κ2) is 7.90. The third-order valence-electron chi connectivity index (χ3n) is 4.92. The van der Waals surface area contributed by atoms with Crippen molar-refractivity contribution in [1.29, 1.82) is 0 Å². The number of methoxy groups -OCH3 is 1. The average molecular weight is 382 g/mol. The predicted octanol–water partition coefficient (Wildman–Crippen LogP) is 1.50. The Labute approximate surface area is 163 Å². The van der Waals surface area contributed by atoms with E-state index in [-0.39, 0.29) is 18.7 Å². The molecule has 0 bridgehead atoms. The van der Waals surface area contributed by atoms with Crippen LogP contribution in [0.3, 0.4) is 0 Å². The fraction of sp³-hybridized carbons (Fsp3) is 0.333. The monoisotopic (exact) mass is 382 g/mol. The van der Waals surface area contributed by atoms with Crippen LogP contribution in [0.4, 0.5) is 0 Å². The summed E-state index contributed by atoms with van der Waals surface area (Å²) in [5, 5.41) is 2.84. The summed E-state index contributed by atoms with van der Waals surface area (Å²) in [4.78, 5) is 26.7.